The summed E-state index contributed by atoms with van der Waals surface area (Å²) in [7, 11) is 1.83. The number of aliphatic hydroxyl groups excluding tert-OH is 1. The Bertz CT molecular complexity index is 1340. The SMILES string of the molecule is CCc1cc(Cc2cn(C)nc2-c2ccc(F)cc2[C@@H](C)O)no1.O=[N+]([O-])c1ncc(Br)cc1F. The third-order valence-electron chi connectivity index (χ3n) is 4.91. The van der Waals surface area contributed by atoms with Crippen molar-refractivity contribution in [3.8, 4) is 11.3 Å². The molecule has 4 aromatic rings. The van der Waals surface area contributed by atoms with Gasteiger partial charge >= 0.3 is 5.82 Å². The number of hydrogen-bond acceptors (Lipinski definition) is 7. The zero-order valence-electron chi connectivity index (χ0n) is 19.1. The van der Waals surface area contributed by atoms with Crippen molar-refractivity contribution in [3.63, 3.8) is 0 Å². The smallest absolute Gasteiger partial charge is 0.389 e. The number of rotatable bonds is 6. The van der Waals surface area contributed by atoms with E-state index in [9.17, 15) is 24.0 Å². The maximum atomic E-state index is 13.6. The van der Waals surface area contributed by atoms with Crippen LogP contribution in [-0.2, 0) is 19.9 Å². The molecule has 0 aliphatic carbocycles. The van der Waals surface area contributed by atoms with Crippen molar-refractivity contribution < 1.29 is 23.3 Å². The summed E-state index contributed by atoms with van der Waals surface area (Å²) in [5.41, 5.74) is 3.73. The number of halogens is 3. The summed E-state index contributed by atoms with van der Waals surface area (Å²) in [6.45, 7) is 3.62. The van der Waals surface area contributed by atoms with Crippen molar-refractivity contribution in [1.82, 2.24) is 19.9 Å². The van der Waals surface area contributed by atoms with Crippen LogP contribution in [0.2, 0.25) is 0 Å². The van der Waals surface area contributed by atoms with Crippen molar-refractivity contribution in [2.45, 2.75) is 32.8 Å². The second-order valence-electron chi connectivity index (χ2n) is 7.62. The zero-order chi connectivity index (χ0) is 25.7. The van der Waals surface area contributed by atoms with E-state index in [-0.39, 0.29) is 5.82 Å². The normalized spacial score (nSPS) is 11.6. The van der Waals surface area contributed by atoms with Crippen molar-refractivity contribution in [3.05, 3.63) is 91.5 Å². The fourth-order valence-corrected chi connectivity index (χ4v) is 3.63. The summed E-state index contributed by atoms with van der Waals surface area (Å²) in [4.78, 5) is 12.4. The van der Waals surface area contributed by atoms with Gasteiger partial charge in [0.1, 0.15) is 11.6 Å². The van der Waals surface area contributed by atoms with E-state index in [4.69, 9.17) is 4.52 Å². The van der Waals surface area contributed by atoms with Gasteiger partial charge in [0.2, 0.25) is 5.82 Å². The molecule has 0 bridgehead atoms. The van der Waals surface area contributed by atoms with Crippen LogP contribution in [0.3, 0.4) is 0 Å². The molecular weight excluding hydrogens is 528 g/mol. The lowest BCUT2D eigenvalue weighted by Crippen LogP contribution is -1.99. The molecule has 3 aromatic heterocycles. The van der Waals surface area contributed by atoms with E-state index in [0.29, 0.717) is 16.5 Å². The van der Waals surface area contributed by atoms with E-state index in [2.05, 4.69) is 31.2 Å². The molecule has 0 radical (unpaired) electrons. The second-order valence-corrected chi connectivity index (χ2v) is 8.53. The van der Waals surface area contributed by atoms with Crippen LogP contribution in [0.1, 0.15) is 42.5 Å². The Balaban J connectivity index is 0.000000261. The summed E-state index contributed by atoms with van der Waals surface area (Å²) in [6, 6.07) is 7.31. The van der Waals surface area contributed by atoms with Crippen LogP contribution in [0.5, 0.6) is 0 Å². The third kappa shape index (κ3) is 6.55. The number of nitrogens with zero attached hydrogens (tertiary/aromatic N) is 5. The number of hydrogen-bond donors (Lipinski definition) is 1. The van der Waals surface area contributed by atoms with Crippen LogP contribution in [0, 0.1) is 21.7 Å². The Morgan fingerprint density at radius 1 is 1.29 bits per heavy atom. The minimum Gasteiger partial charge on any atom is -0.389 e. The molecule has 35 heavy (non-hydrogen) atoms. The fraction of sp³-hybridized carbons (Fsp3) is 0.261. The molecule has 1 atom stereocenters. The minimum atomic E-state index is -0.940. The van der Waals surface area contributed by atoms with Gasteiger partial charge in [0.05, 0.1) is 22.0 Å². The first-order valence-electron chi connectivity index (χ1n) is 10.5. The molecule has 0 saturated carbocycles. The molecule has 0 aliphatic rings. The topological polar surface area (TPSA) is 120 Å². The molecule has 0 amide bonds. The number of aromatic nitrogens is 4. The maximum absolute atomic E-state index is 13.6. The largest absolute Gasteiger partial charge is 0.399 e. The third-order valence-corrected chi connectivity index (χ3v) is 5.35. The standard InChI is InChI=1S/C18H20FN3O2.C5H2BrFN2O2/c1-4-15-9-14(21-24-15)7-12-10-22(3)20-18(12)16-6-5-13(19)8-17(16)11(2)23;6-3-1-4(7)5(8-2-3)9(10)11/h5-6,8-11,23H,4,7H2,1-3H3;1-2H/t11-;/m1./s1. The molecule has 0 aliphatic heterocycles. The highest BCUT2D eigenvalue weighted by molar-refractivity contribution is 9.10. The summed E-state index contributed by atoms with van der Waals surface area (Å²) in [6.07, 6.45) is 3.64. The summed E-state index contributed by atoms with van der Waals surface area (Å²) in [5, 5.41) is 28.6. The molecule has 0 spiro atoms. The van der Waals surface area contributed by atoms with E-state index in [1.54, 1.807) is 17.7 Å². The first kappa shape index (κ1) is 26.1. The average molecular weight is 550 g/mol. The Labute approximate surface area is 207 Å². The Kier molecular flexibility index (Phi) is 8.41. The van der Waals surface area contributed by atoms with E-state index in [1.807, 2.05) is 26.2 Å². The highest BCUT2D eigenvalue weighted by Crippen LogP contribution is 2.31. The fourth-order valence-electron chi connectivity index (χ4n) is 3.33. The van der Waals surface area contributed by atoms with Gasteiger partial charge in [-0.15, -0.1) is 0 Å². The summed E-state index contributed by atoms with van der Waals surface area (Å²) >= 11 is 2.92. The molecular formula is C23H22BrF2N5O4. The second kappa shape index (κ2) is 11.3. The van der Waals surface area contributed by atoms with Crippen LogP contribution in [-0.4, -0.2) is 30.0 Å². The molecule has 9 nitrogen and oxygen atoms in total. The summed E-state index contributed by atoms with van der Waals surface area (Å²) in [5.74, 6) is -1.24. The Morgan fingerprint density at radius 3 is 2.63 bits per heavy atom. The van der Waals surface area contributed by atoms with E-state index < -0.39 is 22.7 Å². The highest BCUT2D eigenvalue weighted by atomic mass is 79.9. The lowest BCUT2D eigenvalue weighted by molar-refractivity contribution is -0.392. The molecule has 0 saturated heterocycles. The highest BCUT2D eigenvalue weighted by Gasteiger charge is 2.18. The first-order chi connectivity index (χ1) is 16.6. The lowest BCUT2D eigenvalue weighted by Gasteiger charge is -2.11. The molecule has 1 aromatic carbocycles. The molecule has 184 valence electrons. The summed E-state index contributed by atoms with van der Waals surface area (Å²) < 4.78 is 33.5. The predicted octanol–water partition coefficient (Wildman–Crippen LogP) is 5.31. The number of pyridine rings is 1. The monoisotopic (exact) mass is 549 g/mol. The first-order valence-corrected chi connectivity index (χ1v) is 11.3. The molecule has 12 heteroatoms. The van der Waals surface area contributed by atoms with Crippen LogP contribution < -0.4 is 0 Å². The van der Waals surface area contributed by atoms with E-state index in [1.165, 1.54) is 18.3 Å². The zero-order valence-corrected chi connectivity index (χ0v) is 20.7. The molecule has 0 fully saturated rings. The van der Waals surface area contributed by atoms with Gasteiger partial charge in [-0.1, -0.05) is 12.1 Å². The molecule has 3 heterocycles. The predicted molar refractivity (Wildman–Crippen MR) is 126 cm³/mol. The molecule has 4 rings (SSSR count). The van der Waals surface area contributed by atoms with E-state index in [0.717, 1.165) is 40.8 Å². The van der Waals surface area contributed by atoms with Crippen molar-refractivity contribution in [1.29, 1.82) is 0 Å². The minimum absolute atomic E-state index is 0.376. The lowest BCUT2D eigenvalue weighted by atomic mass is 9.97. The molecule has 1 N–H and O–H groups in total. The van der Waals surface area contributed by atoms with Gasteiger partial charge in [-0.2, -0.15) is 9.49 Å². The Morgan fingerprint density at radius 2 is 2.03 bits per heavy atom. The maximum Gasteiger partial charge on any atom is 0.399 e. The van der Waals surface area contributed by atoms with Gasteiger partial charge < -0.3 is 19.7 Å². The average Bonchev–Trinajstić information content (AvgIpc) is 3.40. The number of aryl methyl sites for hydroxylation is 2. The van der Waals surface area contributed by atoms with Crippen molar-refractivity contribution in [2.24, 2.45) is 7.05 Å². The van der Waals surface area contributed by atoms with Crippen LogP contribution >= 0.6 is 15.9 Å². The Hall–Kier alpha value is -3.51. The van der Waals surface area contributed by atoms with Crippen LogP contribution in [0.25, 0.3) is 11.3 Å². The number of benzene rings is 1. The van der Waals surface area contributed by atoms with Crippen molar-refractivity contribution >= 4 is 21.7 Å². The van der Waals surface area contributed by atoms with Gasteiger partial charge in [-0.05, 0) is 56.5 Å². The van der Waals surface area contributed by atoms with Gasteiger partial charge in [0.15, 0.2) is 6.20 Å². The van der Waals surface area contributed by atoms with E-state index >= 15 is 0 Å². The van der Waals surface area contributed by atoms with Gasteiger partial charge in [-0.3, -0.25) is 4.68 Å². The van der Waals surface area contributed by atoms with Gasteiger partial charge in [0.25, 0.3) is 0 Å². The quantitative estimate of drug-likeness (QED) is 0.255. The van der Waals surface area contributed by atoms with Crippen LogP contribution in [0.15, 0.2) is 51.7 Å². The van der Waals surface area contributed by atoms with Gasteiger partial charge in [-0.25, -0.2) is 4.39 Å². The number of aliphatic hydroxyl groups is 1. The van der Waals surface area contributed by atoms with Crippen LogP contribution in [0.4, 0.5) is 14.6 Å². The molecule has 0 unspecified atom stereocenters. The number of nitro groups is 1. The van der Waals surface area contributed by atoms with Gasteiger partial charge in [0, 0.05) is 49.3 Å². The van der Waals surface area contributed by atoms with Crippen molar-refractivity contribution in [2.75, 3.05) is 0 Å².